The molecule has 0 radical (unpaired) electrons. The van der Waals surface area contributed by atoms with Gasteiger partial charge in [0.2, 0.25) is 11.8 Å². The third-order valence-electron chi connectivity index (χ3n) is 2.96. The Kier molecular flexibility index (Phi) is 5.55. The summed E-state index contributed by atoms with van der Waals surface area (Å²) in [6.07, 6.45) is 2.21. The van der Waals surface area contributed by atoms with E-state index in [-0.39, 0.29) is 6.10 Å². The minimum atomic E-state index is 0.116. The number of rotatable bonds is 7. The average Bonchev–Trinajstić information content (AvgIpc) is 2.43. The Labute approximate surface area is 126 Å². The first-order valence-corrected chi connectivity index (χ1v) is 7.43. The van der Waals surface area contributed by atoms with Crippen LogP contribution in [0.15, 0.2) is 36.4 Å². The summed E-state index contributed by atoms with van der Waals surface area (Å²) in [4.78, 5) is 8.76. The molecule has 0 aliphatic carbocycles. The van der Waals surface area contributed by atoms with Gasteiger partial charge in [-0.25, -0.2) is 4.98 Å². The van der Waals surface area contributed by atoms with Crippen LogP contribution in [0.2, 0.25) is 0 Å². The Morgan fingerprint density at radius 2 is 1.90 bits per heavy atom. The second-order valence-corrected chi connectivity index (χ2v) is 5.35. The number of ether oxygens (including phenoxy) is 1. The van der Waals surface area contributed by atoms with Crippen LogP contribution in [0.25, 0.3) is 0 Å². The largest absolute Gasteiger partial charge is 0.475 e. The van der Waals surface area contributed by atoms with E-state index in [1.807, 2.05) is 32.9 Å². The molecule has 0 atom stereocenters. The highest BCUT2D eigenvalue weighted by atomic mass is 16.5. The molecule has 2 rings (SSSR count). The minimum absolute atomic E-state index is 0.116. The molecular weight excluding hydrogens is 262 g/mol. The predicted octanol–water partition coefficient (Wildman–Crippen LogP) is 3.62. The smallest absolute Gasteiger partial charge is 0.226 e. The molecule has 0 spiro atoms. The van der Waals surface area contributed by atoms with E-state index in [2.05, 4.69) is 39.6 Å². The van der Waals surface area contributed by atoms with Crippen LogP contribution < -0.4 is 10.1 Å². The van der Waals surface area contributed by atoms with Gasteiger partial charge in [0.05, 0.1) is 6.10 Å². The van der Waals surface area contributed by atoms with Crippen molar-refractivity contribution in [3.63, 3.8) is 0 Å². The third-order valence-corrected chi connectivity index (χ3v) is 2.96. The predicted molar refractivity (Wildman–Crippen MR) is 85.8 cm³/mol. The van der Waals surface area contributed by atoms with E-state index < -0.39 is 0 Å². The maximum absolute atomic E-state index is 5.62. The topological polar surface area (TPSA) is 47.0 Å². The summed E-state index contributed by atoms with van der Waals surface area (Å²) in [7, 11) is 0. The standard InChI is InChI=1S/C17H23N3O/c1-13(2)21-16-12-14(3)19-17(20-16)18-11-7-10-15-8-5-4-6-9-15/h4-6,8-9,12-13H,7,10-11H2,1-3H3,(H,18,19,20). The molecule has 0 fully saturated rings. The van der Waals surface area contributed by atoms with Crippen molar-refractivity contribution in [1.82, 2.24) is 9.97 Å². The lowest BCUT2D eigenvalue weighted by Crippen LogP contribution is -2.11. The summed E-state index contributed by atoms with van der Waals surface area (Å²) >= 11 is 0. The number of hydrogen-bond donors (Lipinski definition) is 1. The van der Waals surface area contributed by atoms with Crippen molar-refractivity contribution < 1.29 is 4.74 Å². The van der Waals surface area contributed by atoms with Gasteiger partial charge in [-0.1, -0.05) is 30.3 Å². The maximum Gasteiger partial charge on any atom is 0.226 e. The molecule has 4 heteroatoms. The summed E-state index contributed by atoms with van der Waals surface area (Å²) in [6.45, 7) is 6.78. The zero-order valence-corrected chi connectivity index (χ0v) is 13.0. The van der Waals surface area contributed by atoms with Crippen LogP contribution in [0.3, 0.4) is 0 Å². The van der Waals surface area contributed by atoms with Gasteiger partial charge in [0.1, 0.15) is 0 Å². The number of nitrogens with one attached hydrogen (secondary N) is 1. The molecule has 0 bridgehead atoms. The minimum Gasteiger partial charge on any atom is -0.475 e. The highest BCUT2D eigenvalue weighted by molar-refractivity contribution is 5.30. The van der Waals surface area contributed by atoms with Crippen molar-refractivity contribution in [2.75, 3.05) is 11.9 Å². The van der Waals surface area contributed by atoms with Crippen LogP contribution in [0, 0.1) is 6.92 Å². The van der Waals surface area contributed by atoms with E-state index in [1.165, 1.54) is 5.56 Å². The van der Waals surface area contributed by atoms with Crippen molar-refractivity contribution in [3.05, 3.63) is 47.7 Å². The van der Waals surface area contributed by atoms with E-state index in [4.69, 9.17) is 4.74 Å². The van der Waals surface area contributed by atoms with Crippen LogP contribution in [-0.4, -0.2) is 22.6 Å². The Bertz CT molecular complexity index is 555. The monoisotopic (exact) mass is 285 g/mol. The van der Waals surface area contributed by atoms with E-state index in [1.54, 1.807) is 0 Å². The van der Waals surface area contributed by atoms with Gasteiger partial charge in [0, 0.05) is 18.3 Å². The highest BCUT2D eigenvalue weighted by Crippen LogP contribution is 2.13. The molecule has 0 aliphatic rings. The molecule has 1 aromatic heterocycles. The Morgan fingerprint density at radius 3 is 2.62 bits per heavy atom. The van der Waals surface area contributed by atoms with Gasteiger partial charge >= 0.3 is 0 Å². The van der Waals surface area contributed by atoms with Crippen LogP contribution in [0.4, 0.5) is 5.95 Å². The average molecular weight is 285 g/mol. The lowest BCUT2D eigenvalue weighted by molar-refractivity contribution is 0.232. The molecule has 0 saturated heterocycles. The molecule has 0 unspecified atom stereocenters. The summed E-state index contributed by atoms with van der Waals surface area (Å²) < 4.78 is 5.62. The molecule has 112 valence electrons. The molecule has 21 heavy (non-hydrogen) atoms. The fourth-order valence-electron chi connectivity index (χ4n) is 2.06. The first kappa shape index (κ1) is 15.3. The maximum atomic E-state index is 5.62. The highest BCUT2D eigenvalue weighted by Gasteiger charge is 2.04. The molecule has 1 aromatic carbocycles. The quantitative estimate of drug-likeness (QED) is 0.789. The number of hydrogen-bond acceptors (Lipinski definition) is 4. The lowest BCUT2D eigenvalue weighted by atomic mass is 10.1. The zero-order valence-electron chi connectivity index (χ0n) is 13.0. The van der Waals surface area contributed by atoms with Crippen molar-refractivity contribution >= 4 is 5.95 Å². The van der Waals surface area contributed by atoms with Gasteiger partial charge < -0.3 is 10.1 Å². The van der Waals surface area contributed by atoms with E-state index in [0.29, 0.717) is 11.8 Å². The van der Waals surface area contributed by atoms with Gasteiger partial charge in [0.15, 0.2) is 0 Å². The number of anilines is 1. The van der Waals surface area contributed by atoms with Crippen molar-refractivity contribution in [2.24, 2.45) is 0 Å². The third kappa shape index (κ3) is 5.42. The van der Waals surface area contributed by atoms with E-state index in [0.717, 1.165) is 25.1 Å². The Balaban J connectivity index is 1.84. The fourth-order valence-corrected chi connectivity index (χ4v) is 2.06. The molecule has 1 N–H and O–H groups in total. The Morgan fingerprint density at radius 1 is 1.14 bits per heavy atom. The number of benzene rings is 1. The fraction of sp³-hybridized carbons (Fsp3) is 0.412. The van der Waals surface area contributed by atoms with Gasteiger partial charge in [0.25, 0.3) is 0 Å². The second-order valence-electron chi connectivity index (χ2n) is 5.35. The van der Waals surface area contributed by atoms with Crippen LogP contribution in [0.5, 0.6) is 5.88 Å². The molecule has 0 aliphatic heterocycles. The molecular formula is C17H23N3O. The van der Waals surface area contributed by atoms with E-state index in [9.17, 15) is 0 Å². The van der Waals surface area contributed by atoms with Crippen LogP contribution in [0.1, 0.15) is 31.5 Å². The molecule has 0 amide bonds. The van der Waals surface area contributed by atoms with Crippen LogP contribution in [-0.2, 0) is 6.42 Å². The van der Waals surface area contributed by atoms with E-state index >= 15 is 0 Å². The summed E-state index contributed by atoms with van der Waals surface area (Å²) in [5.74, 6) is 1.27. The SMILES string of the molecule is Cc1cc(OC(C)C)nc(NCCCc2ccccc2)n1. The normalized spacial score (nSPS) is 10.7. The molecule has 0 saturated carbocycles. The van der Waals surface area contributed by atoms with Crippen molar-refractivity contribution in [1.29, 1.82) is 0 Å². The number of aromatic nitrogens is 2. The second kappa shape index (κ2) is 7.62. The summed E-state index contributed by atoms with van der Waals surface area (Å²) in [5, 5.41) is 3.27. The first-order valence-electron chi connectivity index (χ1n) is 7.43. The zero-order chi connectivity index (χ0) is 15.1. The number of aryl methyl sites for hydroxylation is 2. The molecule has 1 heterocycles. The summed E-state index contributed by atoms with van der Waals surface area (Å²) in [6, 6.07) is 12.3. The first-order chi connectivity index (χ1) is 10.1. The van der Waals surface area contributed by atoms with Gasteiger partial charge in [-0.2, -0.15) is 4.98 Å². The van der Waals surface area contributed by atoms with Crippen molar-refractivity contribution in [3.8, 4) is 5.88 Å². The number of nitrogens with zero attached hydrogens (tertiary/aromatic N) is 2. The van der Waals surface area contributed by atoms with Gasteiger partial charge in [-0.05, 0) is 39.2 Å². The van der Waals surface area contributed by atoms with Crippen LogP contribution >= 0.6 is 0 Å². The molecule has 2 aromatic rings. The Hall–Kier alpha value is -2.10. The van der Waals surface area contributed by atoms with Crippen molar-refractivity contribution in [2.45, 2.75) is 39.7 Å². The lowest BCUT2D eigenvalue weighted by Gasteiger charge is -2.11. The molecule has 4 nitrogen and oxygen atoms in total. The van der Waals surface area contributed by atoms with Gasteiger partial charge in [-0.15, -0.1) is 0 Å². The summed E-state index contributed by atoms with van der Waals surface area (Å²) in [5.41, 5.74) is 2.26. The van der Waals surface area contributed by atoms with Gasteiger partial charge in [-0.3, -0.25) is 0 Å².